The number of anilines is 1. The van der Waals surface area contributed by atoms with E-state index in [0.29, 0.717) is 32.7 Å². The molecule has 0 radical (unpaired) electrons. The minimum atomic E-state index is -4.12. The van der Waals surface area contributed by atoms with Crippen molar-refractivity contribution < 1.29 is 13.2 Å². The molecule has 0 saturated carbocycles. The van der Waals surface area contributed by atoms with Crippen molar-refractivity contribution in [2.45, 2.75) is 12.7 Å². The molecule has 112 valence electrons. The van der Waals surface area contributed by atoms with E-state index in [1.807, 2.05) is 18.2 Å². The van der Waals surface area contributed by atoms with Crippen LogP contribution in [0.3, 0.4) is 0 Å². The van der Waals surface area contributed by atoms with Gasteiger partial charge in [-0.15, -0.1) is 0 Å². The summed E-state index contributed by atoms with van der Waals surface area (Å²) in [5, 5.41) is 0. The first-order valence-electron chi connectivity index (χ1n) is 6.42. The molecular formula is C13H17BrF3N3. The smallest absolute Gasteiger partial charge is 0.369 e. The highest BCUT2D eigenvalue weighted by molar-refractivity contribution is 9.10. The molecule has 20 heavy (non-hydrogen) atoms. The maximum atomic E-state index is 12.4. The van der Waals surface area contributed by atoms with Crippen LogP contribution in [0.25, 0.3) is 0 Å². The van der Waals surface area contributed by atoms with Gasteiger partial charge in [0, 0.05) is 48.4 Å². The second kappa shape index (κ2) is 6.32. The Bertz CT molecular complexity index is 457. The van der Waals surface area contributed by atoms with E-state index in [1.54, 1.807) is 0 Å². The zero-order valence-electron chi connectivity index (χ0n) is 11.0. The van der Waals surface area contributed by atoms with Crippen molar-refractivity contribution in [3.05, 3.63) is 28.2 Å². The van der Waals surface area contributed by atoms with Crippen LogP contribution in [0.2, 0.25) is 0 Å². The monoisotopic (exact) mass is 351 g/mol. The highest BCUT2D eigenvalue weighted by atomic mass is 79.9. The quantitative estimate of drug-likeness (QED) is 0.908. The largest absolute Gasteiger partial charge is 0.401 e. The molecule has 1 aliphatic rings. The lowest BCUT2D eigenvalue weighted by Gasteiger charge is -2.37. The van der Waals surface area contributed by atoms with Crippen LogP contribution in [0.5, 0.6) is 0 Å². The van der Waals surface area contributed by atoms with Crippen molar-refractivity contribution >= 4 is 21.6 Å². The highest BCUT2D eigenvalue weighted by Crippen LogP contribution is 2.28. The molecule has 0 unspecified atom stereocenters. The molecule has 1 saturated heterocycles. The first-order valence-corrected chi connectivity index (χ1v) is 7.21. The molecule has 1 aromatic rings. The Balaban J connectivity index is 2.02. The predicted molar refractivity (Wildman–Crippen MR) is 76.7 cm³/mol. The van der Waals surface area contributed by atoms with E-state index >= 15 is 0 Å². The lowest BCUT2D eigenvalue weighted by molar-refractivity contribution is -0.146. The van der Waals surface area contributed by atoms with E-state index in [-0.39, 0.29) is 0 Å². The highest BCUT2D eigenvalue weighted by Gasteiger charge is 2.32. The Kier molecular flexibility index (Phi) is 4.93. The van der Waals surface area contributed by atoms with Crippen molar-refractivity contribution in [1.29, 1.82) is 0 Å². The summed E-state index contributed by atoms with van der Waals surface area (Å²) in [7, 11) is 0. The van der Waals surface area contributed by atoms with Crippen molar-refractivity contribution in [3.63, 3.8) is 0 Å². The lowest BCUT2D eigenvalue weighted by atomic mass is 10.1. The van der Waals surface area contributed by atoms with E-state index in [0.717, 1.165) is 15.7 Å². The summed E-state index contributed by atoms with van der Waals surface area (Å²) in [6, 6.07) is 5.80. The number of piperazine rings is 1. The van der Waals surface area contributed by atoms with Gasteiger partial charge in [-0.2, -0.15) is 13.2 Å². The number of alkyl halides is 3. The van der Waals surface area contributed by atoms with Gasteiger partial charge in [0.05, 0.1) is 6.54 Å². The molecule has 2 N–H and O–H groups in total. The Labute approximate surface area is 124 Å². The third kappa shape index (κ3) is 3.86. The van der Waals surface area contributed by atoms with Gasteiger partial charge in [0.15, 0.2) is 0 Å². The zero-order valence-corrected chi connectivity index (χ0v) is 12.5. The SMILES string of the molecule is NCc1c(Br)cccc1N1CCN(CC(F)(F)F)CC1. The van der Waals surface area contributed by atoms with Crippen molar-refractivity contribution in [3.8, 4) is 0 Å². The van der Waals surface area contributed by atoms with Gasteiger partial charge in [0.25, 0.3) is 0 Å². The molecule has 0 aliphatic carbocycles. The maximum Gasteiger partial charge on any atom is 0.401 e. The molecule has 7 heteroatoms. The number of nitrogens with two attached hydrogens (primary N) is 1. The van der Waals surface area contributed by atoms with Gasteiger partial charge in [-0.3, -0.25) is 4.90 Å². The third-order valence-corrected chi connectivity index (χ3v) is 4.16. The molecular weight excluding hydrogens is 335 g/mol. The Morgan fingerprint density at radius 1 is 1.15 bits per heavy atom. The fourth-order valence-electron chi connectivity index (χ4n) is 2.45. The molecule has 0 atom stereocenters. The zero-order chi connectivity index (χ0) is 14.8. The summed E-state index contributed by atoms with van der Waals surface area (Å²) in [6.45, 7) is 1.56. The van der Waals surface area contributed by atoms with Crippen molar-refractivity contribution in [2.75, 3.05) is 37.6 Å². The number of hydrogen-bond acceptors (Lipinski definition) is 3. The van der Waals surface area contributed by atoms with Gasteiger partial charge < -0.3 is 10.6 Å². The average Bonchev–Trinajstić information content (AvgIpc) is 2.37. The first-order chi connectivity index (χ1) is 9.40. The fourth-order valence-corrected chi connectivity index (χ4v) is 2.96. The molecule has 0 amide bonds. The van der Waals surface area contributed by atoms with Crippen molar-refractivity contribution in [1.82, 2.24) is 4.90 Å². The maximum absolute atomic E-state index is 12.4. The number of benzene rings is 1. The van der Waals surface area contributed by atoms with Crippen LogP contribution >= 0.6 is 15.9 Å². The second-order valence-electron chi connectivity index (χ2n) is 4.82. The van der Waals surface area contributed by atoms with Gasteiger partial charge in [-0.25, -0.2) is 0 Å². The van der Waals surface area contributed by atoms with Gasteiger partial charge in [0.2, 0.25) is 0 Å². The van der Waals surface area contributed by atoms with Crippen LogP contribution in [-0.2, 0) is 6.54 Å². The topological polar surface area (TPSA) is 32.5 Å². The van der Waals surface area contributed by atoms with Crippen LogP contribution in [0.1, 0.15) is 5.56 Å². The van der Waals surface area contributed by atoms with Gasteiger partial charge in [0.1, 0.15) is 0 Å². The molecule has 1 heterocycles. The summed E-state index contributed by atoms with van der Waals surface area (Å²) >= 11 is 3.46. The third-order valence-electron chi connectivity index (χ3n) is 3.41. The minimum Gasteiger partial charge on any atom is -0.369 e. The van der Waals surface area contributed by atoms with Gasteiger partial charge in [-0.05, 0) is 12.1 Å². The Morgan fingerprint density at radius 2 is 1.80 bits per heavy atom. The van der Waals surface area contributed by atoms with Crippen molar-refractivity contribution in [2.24, 2.45) is 5.73 Å². The molecule has 0 spiro atoms. The standard InChI is InChI=1S/C13H17BrF3N3/c14-11-2-1-3-12(10(11)8-18)20-6-4-19(5-7-20)9-13(15,16)17/h1-3H,4-9,18H2. The molecule has 1 aromatic carbocycles. The van der Waals surface area contributed by atoms with E-state index in [9.17, 15) is 13.2 Å². The molecule has 3 nitrogen and oxygen atoms in total. The summed E-state index contributed by atoms with van der Waals surface area (Å²) in [5.41, 5.74) is 7.76. The van der Waals surface area contributed by atoms with Crippen LogP contribution in [-0.4, -0.2) is 43.8 Å². The number of hydrogen-bond donors (Lipinski definition) is 1. The van der Waals surface area contributed by atoms with E-state index < -0.39 is 12.7 Å². The fraction of sp³-hybridized carbons (Fsp3) is 0.538. The van der Waals surface area contributed by atoms with E-state index in [4.69, 9.17) is 5.73 Å². The molecule has 2 rings (SSSR count). The van der Waals surface area contributed by atoms with E-state index in [1.165, 1.54) is 4.90 Å². The summed E-state index contributed by atoms with van der Waals surface area (Å²) < 4.78 is 38.0. The van der Waals surface area contributed by atoms with Gasteiger partial charge in [-0.1, -0.05) is 22.0 Å². The summed E-state index contributed by atoms with van der Waals surface area (Å²) in [4.78, 5) is 3.54. The van der Waals surface area contributed by atoms with E-state index in [2.05, 4.69) is 20.8 Å². The molecule has 0 aromatic heterocycles. The summed E-state index contributed by atoms with van der Waals surface area (Å²) in [6.07, 6.45) is -4.12. The normalized spacial score (nSPS) is 17.6. The first kappa shape index (κ1) is 15.6. The van der Waals surface area contributed by atoms with Crippen LogP contribution in [0.15, 0.2) is 22.7 Å². The minimum absolute atomic E-state index is 0.402. The van der Waals surface area contributed by atoms with Crippen LogP contribution in [0.4, 0.5) is 18.9 Å². The summed E-state index contributed by atoms with van der Waals surface area (Å²) in [5.74, 6) is 0. The average molecular weight is 352 g/mol. The Morgan fingerprint density at radius 3 is 2.35 bits per heavy atom. The predicted octanol–water partition coefficient (Wildman–Crippen LogP) is 2.59. The number of nitrogens with zero attached hydrogens (tertiary/aromatic N) is 2. The van der Waals surface area contributed by atoms with Gasteiger partial charge >= 0.3 is 6.18 Å². The Hall–Kier alpha value is -0.790. The molecule has 1 fully saturated rings. The molecule has 1 aliphatic heterocycles. The van der Waals surface area contributed by atoms with Crippen LogP contribution in [0, 0.1) is 0 Å². The van der Waals surface area contributed by atoms with Crippen LogP contribution < -0.4 is 10.6 Å². The number of halogens is 4. The lowest BCUT2D eigenvalue weighted by Crippen LogP contribution is -2.49. The molecule has 0 bridgehead atoms. The number of rotatable bonds is 3. The second-order valence-corrected chi connectivity index (χ2v) is 5.67.